The van der Waals surface area contributed by atoms with Crippen molar-refractivity contribution in [2.24, 2.45) is 5.92 Å². The van der Waals surface area contributed by atoms with E-state index in [9.17, 15) is 0 Å². The SMILES string of the molecule is CC(CO)CNc1cccc(Cl)n1. The van der Waals surface area contributed by atoms with Crippen molar-refractivity contribution >= 4 is 17.4 Å². The van der Waals surface area contributed by atoms with E-state index < -0.39 is 0 Å². The fourth-order valence-electron chi connectivity index (χ4n) is 0.850. The molecular formula is C9H13ClN2O. The molecule has 0 saturated carbocycles. The van der Waals surface area contributed by atoms with Crippen LogP contribution in [0.25, 0.3) is 0 Å². The summed E-state index contributed by atoms with van der Waals surface area (Å²) >= 11 is 5.69. The zero-order valence-corrected chi connectivity index (χ0v) is 8.25. The van der Waals surface area contributed by atoms with E-state index in [0.717, 1.165) is 5.82 Å². The van der Waals surface area contributed by atoms with Gasteiger partial charge in [0.05, 0.1) is 0 Å². The summed E-state index contributed by atoms with van der Waals surface area (Å²) in [6.45, 7) is 2.83. The summed E-state index contributed by atoms with van der Waals surface area (Å²) in [6.07, 6.45) is 0. The lowest BCUT2D eigenvalue weighted by atomic mass is 10.2. The quantitative estimate of drug-likeness (QED) is 0.729. The van der Waals surface area contributed by atoms with Crippen molar-refractivity contribution < 1.29 is 5.11 Å². The Morgan fingerprint density at radius 2 is 2.38 bits per heavy atom. The number of rotatable bonds is 4. The molecule has 1 atom stereocenters. The predicted octanol–water partition coefficient (Wildman–Crippen LogP) is 1.78. The Balaban J connectivity index is 2.45. The highest BCUT2D eigenvalue weighted by atomic mass is 35.5. The summed E-state index contributed by atoms with van der Waals surface area (Å²) in [5.41, 5.74) is 0. The minimum atomic E-state index is 0.174. The number of pyridine rings is 1. The molecule has 0 bridgehead atoms. The number of hydrogen-bond acceptors (Lipinski definition) is 3. The van der Waals surface area contributed by atoms with Gasteiger partial charge in [-0.15, -0.1) is 0 Å². The Hall–Kier alpha value is -0.800. The first-order chi connectivity index (χ1) is 6.22. The van der Waals surface area contributed by atoms with E-state index in [-0.39, 0.29) is 12.5 Å². The molecule has 1 aromatic rings. The van der Waals surface area contributed by atoms with Crippen LogP contribution in [0.15, 0.2) is 18.2 Å². The number of nitrogens with one attached hydrogen (secondary N) is 1. The van der Waals surface area contributed by atoms with Crippen molar-refractivity contribution in [1.29, 1.82) is 0 Å². The molecule has 72 valence electrons. The van der Waals surface area contributed by atoms with Gasteiger partial charge in [-0.1, -0.05) is 24.6 Å². The van der Waals surface area contributed by atoms with E-state index in [1.165, 1.54) is 0 Å². The third-order valence-electron chi connectivity index (χ3n) is 1.66. The molecule has 1 rings (SSSR count). The summed E-state index contributed by atoms with van der Waals surface area (Å²) in [5, 5.41) is 12.3. The molecule has 0 aliphatic heterocycles. The van der Waals surface area contributed by atoms with Crippen LogP contribution >= 0.6 is 11.6 Å². The lowest BCUT2D eigenvalue weighted by Crippen LogP contribution is -2.15. The van der Waals surface area contributed by atoms with Crippen molar-refractivity contribution in [3.8, 4) is 0 Å². The average molecular weight is 201 g/mol. The van der Waals surface area contributed by atoms with Crippen LogP contribution in [-0.2, 0) is 0 Å². The first kappa shape index (κ1) is 10.3. The van der Waals surface area contributed by atoms with Gasteiger partial charge in [-0.2, -0.15) is 0 Å². The Morgan fingerprint density at radius 1 is 1.62 bits per heavy atom. The number of aliphatic hydroxyl groups excluding tert-OH is 1. The molecule has 0 radical (unpaired) electrons. The highest BCUT2D eigenvalue weighted by molar-refractivity contribution is 6.29. The monoisotopic (exact) mass is 200 g/mol. The first-order valence-corrected chi connectivity index (χ1v) is 4.57. The highest BCUT2D eigenvalue weighted by Gasteiger charge is 2.00. The summed E-state index contributed by atoms with van der Waals surface area (Å²) < 4.78 is 0. The van der Waals surface area contributed by atoms with Gasteiger partial charge in [0.1, 0.15) is 11.0 Å². The minimum Gasteiger partial charge on any atom is -0.396 e. The lowest BCUT2D eigenvalue weighted by Gasteiger charge is -2.09. The van der Waals surface area contributed by atoms with Crippen LogP contribution in [-0.4, -0.2) is 23.2 Å². The van der Waals surface area contributed by atoms with Gasteiger partial charge < -0.3 is 10.4 Å². The molecule has 1 unspecified atom stereocenters. The van der Waals surface area contributed by atoms with Gasteiger partial charge in [-0.25, -0.2) is 4.98 Å². The number of aliphatic hydroxyl groups is 1. The minimum absolute atomic E-state index is 0.174. The molecular weight excluding hydrogens is 188 g/mol. The molecule has 4 heteroatoms. The fraction of sp³-hybridized carbons (Fsp3) is 0.444. The molecule has 2 N–H and O–H groups in total. The standard InChI is InChI=1S/C9H13ClN2O/c1-7(6-13)5-11-9-4-2-3-8(10)12-9/h2-4,7,13H,5-6H2,1H3,(H,11,12). The van der Waals surface area contributed by atoms with Crippen LogP contribution < -0.4 is 5.32 Å². The molecule has 0 aromatic carbocycles. The second-order valence-electron chi connectivity index (χ2n) is 3.01. The molecule has 1 heterocycles. The van der Waals surface area contributed by atoms with E-state index in [1.807, 2.05) is 19.1 Å². The maximum Gasteiger partial charge on any atom is 0.131 e. The Labute approximate surface area is 82.8 Å². The zero-order valence-electron chi connectivity index (χ0n) is 7.50. The molecule has 0 fully saturated rings. The van der Waals surface area contributed by atoms with Crippen molar-refractivity contribution in [2.45, 2.75) is 6.92 Å². The fourth-order valence-corrected chi connectivity index (χ4v) is 1.01. The van der Waals surface area contributed by atoms with Crippen molar-refractivity contribution in [1.82, 2.24) is 4.98 Å². The smallest absolute Gasteiger partial charge is 0.131 e. The molecule has 1 aromatic heterocycles. The van der Waals surface area contributed by atoms with E-state index in [1.54, 1.807) is 6.07 Å². The average Bonchev–Trinajstić information content (AvgIpc) is 2.14. The Morgan fingerprint density at radius 3 is 3.00 bits per heavy atom. The van der Waals surface area contributed by atoms with Gasteiger partial charge in [0.2, 0.25) is 0 Å². The summed E-state index contributed by atoms with van der Waals surface area (Å²) in [7, 11) is 0. The van der Waals surface area contributed by atoms with Gasteiger partial charge in [0.15, 0.2) is 0 Å². The highest BCUT2D eigenvalue weighted by Crippen LogP contribution is 2.09. The maximum absolute atomic E-state index is 8.78. The van der Waals surface area contributed by atoms with E-state index in [2.05, 4.69) is 10.3 Å². The topological polar surface area (TPSA) is 45.1 Å². The number of halogens is 1. The molecule has 0 saturated heterocycles. The summed E-state index contributed by atoms with van der Waals surface area (Å²) in [5.74, 6) is 0.966. The molecule has 13 heavy (non-hydrogen) atoms. The number of hydrogen-bond donors (Lipinski definition) is 2. The largest absolute Gasteiger partial charge is 0.396 e. The Bertz CT molecular complexity index is 268. The first-order valence-electron chi connectivity index (χ1n) is 4.19. The van der Waals surface area contributed by atoms with Gasteiger partial charge in [-0.3, -0.25) is 0 Å². The second-order valence-corrected chi connectivity index (χ2v) is 3.40. The van der Waals surface area contributed by atoms with Gasteiger partial charge in [0, 0.05) is 13.2 Å². The number of nitrogens with zero attached hydrogens (tertiary/aromatic N) is 1. The van der Waals surface area contributed by atoms with Gasteiger partial charge in [0.25, 0.3) is 0 Å². The van der Waals surface area contributed by atoms with Crippen LogP contribution in [0.4, 0.5) is 5.82 Å². The Kier molecular flexibility index (Phi) is 3.99. The maximum atomic E-state index is 8.78. The number of anilines is 1. The van der Waals surface area contributed by atoms with Crippen molar-refractivity contribution in [3.05, 3.63) is 23.4 Å². The summed E-state index contributed by atoms with van der Waals surface area (Å²) in [6, 6.07) is 5.40. The van der Waals surface area contributed by atoms with Crippen LogP contribution in [0.1, 0.15) is 6.92 Å². The van der Waals surface area contributed by atoms with Crippen LogP contribution in [0.2, 0.25) is 5.15 Å². The zero-order chi connectivity index (χ0) is 9.68. The van der Waals surface area contributed by atoms with Crippen LogP contribution in [0, 0.1) is 5.92 Å². The third-order valence-corrected chi connectivity index (χ3v) is 1.87. The van der Waals surface area contributed by atoms with Crippen LogP contribution in [0.3, 0.4) is 0 Å². The normalized spacial score (nSPS) is 12.5. The predicted molar refractivity (Wildman–Crippen MR) is 54.0 cm³/mol. The van der Waals surface area contributed by atoms with Gasteiger partial charge >= 0.3 is 0 Å². The summed E-state index contributed by atoms with van der Waals surface area (Å²) in [4.78, 5) is 4.05. The molecule has 0 spiro atoms. The number of aromatic nitrogens is 1. The molecule has 0 aliphatic carbocycles. The van der Waals surface area contributed by atoms with Crippen molar-refractivity contribution in [3.63, 3.8) is 0 Å². The molecule has 0 amide bonds. The van der Waals surface area contributed by atoms with Crippen molar-refractivity contribution in [2.75, 3.05) is 18.5 Å². The second kappa shape index (κ2) is 5.04. The van der Waals surface area contributed by atoms with Gasteiger partial charge in [-0.05, 0) is 18.1 Å². The van der Waals surface area contributed by atoms with Crippen LogP contribution in [0.5, 0.6) is 0 Å². The van der Waals surface area contributed by atoms with E-state index in [4.69, 9.17) is 16.7 Å². The van der Waals surface area contributed by atoms with E-state index >= 15 is 0 Å². The van der Waals surface area contributed by atoms with E-state index in [0.29, 0.717) is 11.7 Å². The molecule has 0 aliphatic rings. The third kappa shape index (κ3) is 3.61. The molecule has 3 nitrogen and oxygen atoms in total. The lowest BCUT2D eigenvalue weighted by molar-refractivity contribution is 0.244.